The highest BCUT2D eigenvalue weighted by atomic mass is 32.1. The third-order valence-electron chi connectivity index (χ3n) is 4.44. The Kier molecular flexibility index (Phi) is 5.30. The summed E-state index contributed by atoms with van der Waals surface area (Å²) in [6, 6.07) is -0.175. The van der Waals surface area contributed by atoms with Gasteiger partial charge in [0.25, 0.3) is 0 Å². The van der Waals surface area contributed by atoms with Crippen molar-refractivity contribution < 1.29 is 14.3 Å². The number of nitrogens with zero attached hydrogens (tertiary/aromatic N) is 4. The molecule has 1 N–H and O–H groups in total. The second-order valence-electron chi connectivity index (χ2n) is 6.44. The van der Waals surface area contributed by atoms with E-state index in [2.05, 4.69) is 15.5 Å². The first-order valence-electron chi connectivity index (χ1n) is 8.29. The number of likely N-dealkylation sites (tertiary alicyclic amines) is 1. The predicted octanol–water partition coefficient (Wildman–Crippen LogP) is 1.42. The SMILES string of the molecule is C[C@@H]1CN(C(=O)C2CCN(C(=O)Nc3nncs3)CC2)C[C@H](C)O1. The number of hydrogen-bond donors (Lipinski definition) is 1. The molecule has 1 aromatic rings. The summed E-state index contributed by atoms with van der Waals surface area (Å²) in [4.78, 5) is 28.5. The Morgan fingerprint density at radius 3 is 2.46 bits per heavy atom. The second kappa shape index (κ2) is 7.43. The molecule has 24 heavy (non-hydrogen) atoms. The zero-order valence-electron chi connectivity index (χ0n) is 14.0. The maximum absolute atomic E-state index is 12.7. The standard InChI is InChI=1S/C15H23N5O3S/c1-10-7-20(8-11(2)23-10)13(21)12-3-5-19(6-4-12)15(22)17-14-18-16-9-24-14/h9-12H,3-8H2,1-2H3,(H,17,18,22)/t10-,11+. The maximum atomic E-state index is 12.7. The van der Waals surface area contributed by atoms with Gasteiger partial charge in [0.1, 0.15) is 5.51 Å². The van der Waals surface area contributed by atoms with Crippen LogP contribution in [0.1, 0.15) is 26.7 Å². The van der Waals surface area contributed by atoms with Gasteiger partial charge in [-0.25, -0.2) is 4.79 Å². The van der Waals surface area contributed by atoms with Gasteiger partial charge in [0.15, 0.2) is 0 Å². The Morgan fingerprint density at radius 1 is 1.21 bits per heavy atom. The summed E-state index contributed by atoms with van der Waals surface area (Å²) < 4.78 is 5.69. The van der Waals surface area contributed by atoms with Crippen LogP contribution in [0.3, 0.4) is 0 Å². The van der Waals surface area contributed by atoms with Crippen molar-refractivity contribution in [1.29, 1.82) is 0 Å². The number of anilines is 1. The molecule has 3 heterocycles. The van der Waals surface area contributed by atoms with Crippen LogP contribution in [-0.2, 0) is 9.53 Å². The number of ether oxygens (including phenoxy) is 1. The quantitative estimate of drug-likeness (QED) is 0.869. The van der Waals surface area contributed by atoms with Crippen LogP contribution in [-0.4, -0.2) is 70.3 Å². The molecule has 2 aliphatic rings. The van der Waals surface area contributed by atoms with Crippen molar-refractivity contribution in [1.82, 2.24) is 20.0 Å². The van der Waals surface area contributed by atoms with Gasteiger partial charge in [-0.15, -0.1) is 10.2 Å². The molecule has 0 radical (unpaired) electrons. The molecule has 3 rings (SSSR count). The summed E-state index contributed by atoms with van der Waals surface area (Å²) in [7, 11) is 0. The number of amides is 3. The lowest BCUT2D eigenvalue weighted by Gasteiger charge is -2.39. The molecule has 0 bridgehead atoms. The number of rotatable bonds is 2. The van der Waals surface area contributed by atoms with Gasteiger partial charge in [-0.3, -0.25) is 10.1 Å². The number of carbonyl (C=O) groups is 2. The van der Waals surface area contributed by atoms with Gasteiger partial charge in [-0.1, -0.05) is 11.3 Å². The molecule has 132 valence electrons. The fourth-order valence-corrected chi connectivity index (χ4v) is 3.78. The zero-order chi connectivity index (χ0) is 17.1. The predicted molar refractivity (Wildman–Crippen MR) is 89.8 cm³/mol. The Hall–Kier alpha value is -1.74. The Bertz CT molecular complexity index is 564. The topological polar surface area (TPSA) is 87.7 Å². The number of urea groups is 1. The van der Waals surface area contributed by atoms with Gasteiger partial charge in [0, 0.05) is 32.1 Å². The van der Waals surface area contributed by atoms with Crippen molar-refractivity contribution in [3.05, 3.63) is 5.51 Å². The van der Waals surface area contributed by atoms with Gasteiger partial charge in [0.05, 0.1) is 12.2 Å². The van der Waals surface area contributed by atoms with E-state index in [0.29, 0.717) is 44.2 Å². The Morgan fingerprint density at radius 2 is 1.88 bits per heavy atom. The van der Waals surface area contributed by atoms with Crippen molar-refractivity contribution >= 4 is 28.4 Å². The first kappa shape index (κ1) is 17.1. The summed E-state index contributed by atoms with van der Waals surface area (Å²) in [6.07, 6.45) is 1.55. The first-order valence-corrected chi connectivity index (χ1v) is 9.17. The van der Waals surface area contributed by atoms with Crippen molar-refractivity contribution in [3.8, 4) is 0 Å². The molecule has 0 aromatic carbocycles. The molecule has 2 saturated heterocycles. The number of hydrogen-bond acceptors (Lipinski definition) is 6. The molecule has 0 spiro atoms. The van der Waals surface area contributed by atoms with Gasteiger partial charge < -0.3 is 14.5 Å². The molecular formula is C15H23N5O3S. The molecule has 1 aromatic heterocycles. The normalized spacial score (nSPS) is 25.6. The van der Waals surface area contributed by atoms with E-state index in [1.807, 2.05) is 18.7 Å². The molecule has 0 aliphatic carbocycles. The van der Waals surface area contributed by atoms with Crippen molar-refractivity contribution in [2.24, 2.45) is 5.92 Å². The van der Waals surface area contributed by atoms with Crippen LogP contribution in [0.4, 0.5) is 9.93 Å². The number of morpholine rings is 1. The zero-order valence-corrected chi connectivity index (χ0v) is 14.8. The van der Waals surface area contributed by atoms with Crippen LogP contribution in [0.2, 0.25) is 0 Å². The van der Waals surface area contributed by atoms with Gasteiger partial charge in [-0.05, 0) is 26.7 Å². The monoisotopic (exact) mass is 353 g/mol. The molecule has 0 saturated carbocycles. The fourth-order valence-electron chi connectivity index (χ4n) is 3.34. The lowest BCUT2D eigenvalue weighted by atomic mass is 9.95. The molecule has 0 unspecified atom stereocenters. The largest absolute Gasteiger partial charge is 0.372 e. The van der Waals surface area contributed by atoms with E-state index in [1.165, 1.54) is 11.3 Å². The molecule has 2 fully saturated rings. The third kappa shape index (κ3) is 4.02. The van der Waals surface area contributed by atoms with E-state index in [0.717, 1.165) is 0 Å². The van der Waals surface area contributed by atoms with Gasteiger partial charge >= 0.3 is 6.03 Å². The summed E-state index contributed by atoms with van der Waals surface area (Å²) in [6.45, 7) is 6.46. The summed E-state index contributed by atoms with van der Waals surface area (Å²) in [5.74, 6) is 0.189. The van der Waals surface area contributed by atoms with E-state index in [9.17, 15) is 9.59 Å². The van der Waals surface area contributed by atoms with Crippen LogP contribution in [0.15, 0.2) is 5.51 Å². The second-order valence-corrected chi connectivity index (χ2v) is 7.27. The lowest BCUT2D eigenvalue weighted by molar-refractivity contribution is -0.148. The number of carbonyl (C=O) groups excluding carboxylic acids is 2. The molecule has 9 heteroatoms. The highest BCUT2D eigenvalue weighted by Gasteiger charge is 2.33. The van der Waals surface area contributed by atoms with Crippen molar-refractivity contribution in [3.63, 3.8) is 0 Å². The van der Waals surface area contributed by atoms with E-state index in [-0.39, 0.29) is 30.1 Å². The minimum absolute atomic E-state index is 0.00641. The minimum Gasteiger partial charge on any atom is -0.372 e. The number of aromatic nitrogens is 2. The van der Waals surface area contributed by atoms with Crippen LogP contribution >= 0.6 is 11.3 Å². The molecular weight excluding hydrogens is 330 g/mol. The molecule has 8 nitrogen and oxygen atoms in total. The van der Waals surface area contributed by atoms with Crippen molar-refractivity contribution in [2.75, 3.05) is 31.5 Å². The highest BCUT2D eigenvalue weighted by Crippen LogP contribution is 2.23. The van der Waals surface area contributed by atoms with Crippen molar-refractivity contribution in [2.45, 2.75) is 38.9 Å². The van der Waals surface area contributed by atoms with E-state index >= 15 is 0 Å². The fraction of sp³-hybridized carbons (Fsp3) is 0.733. The van der Waals surface area contributed by atoms with Crippen LogP contribution < -0.4 is 5.32 Å². The molecule has 3 amide bonds. The highest BCUT2D eigenvalue weighted by molar-refractivity contribution is 7.13. The first-order chi connectivity index (χ1) is 11.5. The van der Waals surface area contributed by atoms with Crippen LogP contribution in [0.5, 0.6) is 0 Å². The van der Waals surface area contributed by atoms with Gasteiger partial charge in [-0.2, -0.15) is 0 Å². The molecule has 2 aliphatic heterocycles. The average Bonchev–Trinajstić information content (AvgIpc) is 3.06. The molecule has 2 atom stereocenters. The summed E-state index contributed by atoms with van der Waals surface area (Å²) >= 11 is 1.29. The minimum atomic E-state index is -0.175. The number of piperidine rings is 1. The number of nitrogens with one attached hydrogen (secondary N) is 1. The van der Waals surface area contributed by atoms with E-state index in [1.54, 1.807) is 10.4 Å². The average molecular weight is 353 g/mol. The summed E-state index contributed by atoms with van der Waals surface area (Å²) in [5, 5.41) is 10.7. The summed E-state index contributed by atoms with van der Waals surface area (Å²) in [5.41, 5.74) is 1.57. The van der Waals surface area contributed by atoms with Crippen LogP contribution in [0.25, 0.3) is 0 Å². The van der Waals surface area contributed by atoms with Crippen LogP contribution in [0, 0.1) is 5.92 Å². The maximum Gasteiger partial charge on any atom is 0.323 e. The van der Waals surface area contributed by atoms with E-state index < -0.39 is 0 Å². The third-order valence-corrected chi connectivity index (χ3v) is 5.04. The Labute approximate surface area is 145 Å². The van der Waals surface area contributed by atoms with Gasteiger partial charge in [0.2, 0.25) is 11.0 Å². The van der Waals surface area contributed by atoms with E-state index in [4.69, 9.17) is 4.74 Å². The smallest absolute Gasteiger partial charge is 0.323 e. The Balaban J connectivity index is 1.49. The lowest BCUT2D eigenvalue weighted by Crippen LogP contribution is -2.52.